The Morgan fingerprint density at radius 1 is 1.43 bits per heavy atom. The number of hydrogen-bond donors (Lipinski definition) is 1. The summed E-state index contributed by atoms with van der Waals surface area (Å²) in [6.45, 7) is 0.560. The van der Waals surface area contributed by atoms with Gasteiger partial charge in [-0.25, -0.2) is 0 Å². The van der Waals surface area contributed by atoms with Crippen molar-refractivity contribution in [3.63, 3.8) is 0 Å². The topological polar surface area (TPSA) is 34.4 Å². The van der Waals surface area contributed by atoms with E-state index in [4.69, 9.17) is 4.74 Å². The van der Waals surface area contributed by atoms with Crippen LogP contribution in [0.1, 0.15) is 5.69 Å². The van der Waals surface area contributed by atoms with Gasteiger partial charge in [0.25, 0.3) is 0 Å². The Labute approximate surface area is 82.5 Å². The van der Waals surface area contributed by atoms with E-state index in [9.17, 15) is 5.11 Å². The first kappa shape index (κ1) is 9.09. The van der Waals surface area contributed by atoms with Crippen molar-refractivity contribution in [1.29, 1.82) is 0 Å². The molecule has 2 aromatic rings. The van der Waals surface area contributed by atoms with Gasteiger partial charge >= 0.3 is 0 Å². The number of nitrogens with zero attached hydrogens (tertiary/aromatic N) is 1. The predicted molar refractivity (Wildman–Crippen MR) is 55.3 cm³/mol. The summed E-state index contributed by atoms with van der Waals surface area (Å²) in [4.78, 5) is 0. The monoisotopic (exact) mass is 191 g/mol. The number of ether oxygens (including phenoxy) is 1. The molecular weight excluding hydrogens is 178 g/mol. The second kappa shape index (κ2) is 3.35. The minimum Gasteiger partial charge on any atom is -0.507 e. The molecule has 2 rings (SSSR count). The number of hydrogen-bond acceptors (Lipinski definition) is 2. The van der Waals surface area contributed by atoms with E-state index in [0.29, 0.717) is 12.4 Å². The molecule has 0 saturated carbocycles. The van der Waals surface area contributed by atoms with Gasteiger partial charge in [-0.2, -0.15) is 0 Å². The molecule has 0 aliphatic heterocycles. The zero-order valence-electron chi connectivity index (χ0n) is 8.32. The Hall–Kier alpha value is -1.48. The molecule has 0 amide bonds. The minimum atomic E-state index is 0.320. The average Bonchev–Trinajstić information content (AvgIpc) is 2.48. The van der Waals surface area contributed by atoms with Gasteiger partial charge in [0.1, 0.15) is 5.75 Å². The Bertz CT molecular complexity index is 460. The maximum atomic E-state index is 9.62. The molecule has 14 heavy (non-hydrogen) atoms. The predicted octanol–water partition coefficient (Wildman–Crippen LogP) is 2.03. The molecule has 3 heteroatoms. The van der Waals surface area contributed by atoms with Crippen LogP contribution in [0.2, 0.25) is 0 Å². The number of phenols is 1. The molecular formula is C11H13NO2. The van der Waals surface area contributed by atoms with Crippen LogP contribution in [-0.2, 0) is 18.4 Å². The quantitative estimate of drug-likeness (QED) is 0.788. The summed E-state index contributed by atoms with van der Waals surface area (Å²) in [7, 11) is 3.63. The number of rotatable bonds is 2. The zero-order chi connectivity index (χ0) is 10.1. The van der Waals surface area contributed by atoms with Gasteiger partial charge < -0.3 is 14.4 Å². The van der Waals surface area contributed by atoms with Crippen LogP contribution < -0.4 is 0 Å². The van der Waals surface area contributed by atoms with Gasteiger partial charge in [0.2, 0.25) is 0 Å². The lowest BCUT2D eigenvalue weighted by molar-refractivity contribution is 0.179. The normalized spacial score (nSPS) is 11.0. The van der Waals surface area contributed by atoms with Crippen LogP contribution in [0, 0.1) is 0 Å². The molecule has 0 spiro atoms. The largest absolute Gasteiger partial charge is 0.507 e. The summed E-state index contributed by atoms with van der Waals surface area (Å²) in [5.74, 6) is 0.320. The van der Waals surface area contributed by atoms with E-state index in [1.165, 1.54) is 0 Å². The third-order valence-electron chi connectivity index (χ3n) is 2.46. The Morgan fingerprint density at radius 3 is 2.86 bits per heavy atom. The first-order chi connectivity index (χ1) is 6.74. The molecule has 0 aliphatic carbocycles. The highest BCUT2D eigenvalue weighted by molar-refractivity contribution is 5.87. The van der Waals surface area contributed by atoms with Crippen LogP contribution in [0.5, 0.6) is 5.75 Å². The van der Waals surface area contributed by atoms with Gasteiger partial charge in [-0.05, 0) is 18.2 Å². The third-order valence-corrected chi connectivity index (χ3v) is 2.46. The first-order valence-corrected chi connectivity index (χ1v) is 4.49. The van der Waals surface area contributed by atoms with Crippen molar-refractivity contribution in [1.82, 2.24) is 4.57 Å². The number of aromatic hydroxyl groups is 1. The van der Waals surface area contributed by atoms with Crippen LogP contribution in [0.3, 0.4) is 0 Å². The molecule has 0 aliphatic rings. The van der Waals surface area contributed by atoms with E-state index in [1.807, 2.05) is 29.8 Å². The van der Waals surface area contributed by atoms with Gasteiger partial charge in [0.05, 0.1) is 12.1 Å². The molecule has 0 fully saturated rings. The van der Waals surface area contributed by atoms with E-state index in [1.54, 1.807) is 13.2 Å². The molecule has 1 aromatic carbocycles. The highest BCUT2D eigenvalue weighted by atomic mass is 16.5. The summed E-state index contributed by atoms with van der Waals surface area (Å²) in [6.07, 6.45) is 0. The second-order valence-electron chi connectivity index (χ2n) is 3.34. The number of aryl methyl sites for hydroxylation is 1. The fraction of sp³-hybridized carbons (Fsp3) is 0.273. The van der Waals surface area contributed by atoms with Crippen molar-refractivity contribution < 1.29 is 9.84 Å². The lowest BCUT2D eigenvalue weighted by Crippen LogP contribution is -1.96. The summed E-state index contributed by atoms with van der Waals surface area (Å²) in [5.41, 5.74) is 2.08. The van der Waals surface area contributed by atoms with Crippen LogP contribution in [0.25, 0.3) is 10.9 Å². The molecule has 1 N–H and O–H groups in total. The maximum absolute atomic E-state index is 9.62. The first-order valence-electron chi connectivity index (χ1n) is 4.49. The number of benzene rings is 1. The third kappa shape index (κ3) is 1.26. The maximum Gasteiger partial charge on any atom is 0.124 e. The van der Waals surface area contributed by atoms with Crippen molar-refractivity contribution in [2.24, 2.45) is 7.05 Å². The average molecular weight is 191 g/mol. The van der Waals surface area contributed by atoms with Crippen LogP contribution in [-0.4, -0.2) is 16.8 Å². The van der Waals surface area contributed by atoms with Crippen molar-refractivity contribution in [3.05, 3.63) is 30.0 Å². The van der Waals surface area contributed by atoms with Gasteiger partial charge in [0, 0.05) is 25.2 Å². The van der Waals surface area contributed by atoms with Crippen molar-refractivity contribution in [2.75, 3.05) is 7.11 Å². The van der Waals surface area contributed by atoms with Gasteiger partial charge in [-0.3, -0.25) is 0 Å². The number of aromatic nitrogens is 1. The fourth-order valence-electron chi connectivity index (χ4n) is 1.69. The van der Waals surface area contributed by atoms with E-state index in [-0.39, 0.29) is 0 Å². The van der Waals surface area contributed by atoms with Gasteiger partial charge in [-0.1, -0.05) is 6.07 Å². The standard InChI is InChI=1S/C11H13NO2/c1-12-8(7-14-2)6-9-10(12)4-3-5-11(9)13/h3-6,13H,7H2,1-2H3. The molecule has 0 saturated heterocycles. The van der Waals surface area contributed by atoms with E-state index < -0.39 is 0 Å². The fourth-order valence-corrected chi connectivity index (χ4v) is 1.69. The lowest BCUT2D eigenvalue weighted by atomic mass is 10.2. The molecule has 0 radical (unpaired) electrons. The summed E-state index contributed by atoms with van der Waals surface area (Å²) in [6, 6.07) is 7.47. The zero-order valence-corrected chi connectivity index (χ0v) is 8.32. The number of fused-ring (bicyclic) bond motifs is 1. The van der Waals surface area contributed by atoms with Gasteiger partial charge in [-0.15, -0.1) is 0 Å². The number of methoxy groups -OCH3 is 1. The molecule has 74 valence electrons. The van der Waals surface area contributed by atoms with Crippen LogP contribution >= 0.6 is 0 Å². The molecule has 1 heterocycles. The van der Waals surface area contributed by atoms with E-state index >= 15 is 0 Å². The Kier molecular flexibility index (Phi) is 2.17. The van der Waals surface area contributed by atoms with Crippen molar-refractivity contribution in [3.8, 4) is 5.75 Å². The summed E-state index contributed by atoms with van der Waals surface area (Å²) < 4.78 is 7.10. The highest BCUT2D eigenvalue weighted by Crippen LogP contribution is 2.27. The Balaban J connectivity index is 2.67. The summed E-state index contributed by atoms with van der Waals surface area (Å²) in [5, 5.41) is 10.5. The van der Waals surface area contributed by atoms with Crippen molar-refractivity contribution in [2.45, 2.75) is 6.61 Å². The van der Waals surface area contributed by atoms with E-state index in [0.717, 1.165) is 16.6 Å². The molecule has 3 nitrogen and oxygen atoms in total. The number of phenolic OH excluding ortho intramolecular Hbond substituents is 1. The SMILES string of the molecule is COCc1cc2c(O)cccc2n1C. The van der Waals surface area contributed by atoms with E-state index in [2.05, 4.69) is 0 Å². The smallest absolute Gasteiger partial charge is 0.124 e. The molecule has 0 atom stereocenters. The molecule has 0 bridgehead atoms. The summed E-state index contributed by atoms with van der Waals surface area (Å²) >= 11 is 0. The highest BCUT2D eigenvalue weighted by Gasteiger charge is 2.07. The lowest BCUT2D eigenvalue weighted by Gasteiger charge is -2.01. The van der Waals surface area contributed by atoms with Gasteiger partial charge in [0.15, 0.2) is 0 Å². The molecule has 1 aromatic heterocycles. The Morgan fingerprint density at radius 2 is 2.21 bits per heavy atom. The minimum absolute atomic E-state index is 0.320. The molecule has 0 unspecified atom stereocenters. The van der Waals surface area contributed by atoms with Crippen LogP contribution in [0.4, 0.5) is 0 Å². The van der Waals surface area contributed by atoms with Crippen LogP contribution in [0.15, 0.2) is 24.3 Å². The second-order valence-corrected chi connectivity index (χ2v) is 3.34. The van der Waals surface area contributed by atoms with Crippen molar-refractivity contribution >= 4 is 10.9 Å².